The highest BCUT2D eigenvalue weighted by Gasteiger charge is 2.51. The van der Waals surface area contributed by atoms with Crippen molar-refractivity contribution in [3.05, 3.63) is 0 Å². The Hall–Kier alpha value is -0.730. The van der Waals surface area contributed by atoms with Gasteiger partial charge in [0.15, 0.2) is 0 Å². The van der Waals surface area contributed by atoms with Gasteiger partial charge in [-0.25, -0.2) is 0 Å². The van der Waals surface area contributed by atoms with Crippen molar-refractivity contribution >= 4 is 5.96 Å². The van der Waals surface area contributed by atoms with Gasteiger partial charge in [0.1, 0.15) is 18.6 Å². The molecule has 6 aliphatic rings. The monoisotopic (exact) mass is 302 g/mol. The van der Waals surface area contributed by atoms with E-state index in [4.69, 9.17) is 0 Å². The maximum Gasteiger partial charge on any atom is 0.349 e. The van der Waals surface area contributed by atoms with Crippen molar-refractivity contribution in [3.63, 3.8) is 0 Å². The predicted molar refractivity (Wildman–Crippen MR) is 89.0 cm³/mol. The zero-order valence-electron chi connectivity index (χ0n) is 14.4. The minimum Gasteiger partial charge on any atom is -0.274 e. The summed E-state index contributed by atoms with van der Waals surface area (Å²) in [6.45, 7) is 8.42. The fourth-order valence-electron chi connectivity index (χ4n) is 7.06. The van der Waals surface area contributed by atoms with Gasteiger partial charge in [0.2, 0.25) is 0 Å². The number of guanidine groups is 1. The molecule has 0 aromatic carbocycles. The van der Waals surface area contributed by atoms with Crippen LogP contribution in [0, 0.1) is 23.2 Å². The Bertz CT molecular complexity index is 474. The largest absolute Gasteiger partial charge is 0.349 e. The summed E-state index contributed by atoms with van der Waals surface area (Å²) in [4.78, 5) is 2.70. The number of rotatable bonds is 3. The maximum absolute atomic E-state index is 3.68. The first kappa shape index (κ1) is 13.7. The van der Waals surface area contributed by atoms with Crippen LogP contribution in [0.2, 0.25) is 0 Å². The van der Waals surface area contributed by atoms with E-state index in [0.717, 1.165) is 29.7 Å². The summed E-state index contributed by atoms with van der Waals surface area (Å²) in [6, 6.07) is 1.38. The summed E-state index contributed by atoms with van der Waals surface area (Å²) >= 11 is 0. The third kappa shape index (κ3) is 1.96. The second-order valence-corrected chi connectivity index (χ2v) is 9.42. The molecular formula is C19H32N3+. The Balaban J connectivity index is 1.30. The van der Waals surface area contributed by atoms with E-state index < -0.39 is 0 Å². The van der Waals surface area contributed by atoms with E-state index in [9.17, 15) is 0 Å². The molecule has 1 N–H and O–H groups in total. The Kier molecular flexibility index (Phi) is 2.89. The molecule has 3 nitrogen and oxygen atoms in total. The first-order chi connectivity index (χ1) is 10.6. The smallest absolute Gasteiger partial charge is 0.274 e. The van der Waals surface area contributed by atoms with Crippen LogP contribution in [0.15, 0.2) is 0 Å². The van der Waals surface area contributed by atoms with Crippen molar-refractivity contribution in [1.82, 2.24) is 10.2 Å². The molecule has 4 bridgehead atoms. The quantitative estimate of drug-likeness (QED) is 0.808. The second kappa shape index (κ2) is 4.64. The highest BCUT2D eigenvalue weighted by atomic mass is 15.4. The van der Waals surface area contributed by atoms with Crippen molar-refractivity contribution in [3.8, 4) is 0 Å². The molecule has 4 aliphatic carbocycles. The molecule has 0 saturated heterocycles. The fourth-order valence-corrected chi connectivity index (χ4v) is 7.06. The standard InChI is InChI=1S/C19H31N3/c1-13-11-20-18-21(14(2)12-22(13)18)4-3-19-8-15-5-16(9-19)7-17(6-15)10-19/h13-17H,3-12H2,1-2H3/p+1. The van der Waals surface area contributed by atoms with Gasteiger partial charge in [0.05, 0.1) is 13.1 Å². The van der Waals surface area contributed by atoms with Crippen molar-refractivity contribution in [2.45, 2.75) is 70.9 Å². The van der Waals surface area contributed by atoms with E-state index in [2.05, 4.69) is 28.6 Å². The van der Waals surface area contributed by atoms with Crippen LogP contribution < -0.4 is 5.32 Å². The van der Waals surface area contributed by atoms with Crippen LogP contribution in [-0.2, 0) is 0 Å². The van der Waals surface area contributed by atoms with Crippen LogP contribution >= 0.6 is 0 Å². The van der Waals surface area contributed by atoms with Gasteiger partial charge < -0.3 is 0 Å². The van der Waals surface area contributed by atoms with Crippen molar-refractivity contribution in [1.29, 1.82) is 0 Å². The third-order valence-corrected chi connectivity index (χ3v) is 7.67. The van der Waals surface area contributed by atoms with Crippen molar-refractivity contribution in [2.75, 3.05) is 19.6 Å². The summed E-state index contributed by atoms with van der Waals surface area (Å²) in [6.07, 6.45) is 10.9. The molecule has 2 heterocycles. The molecule has 0 spiro atoms. The predicted octanol–water partition coefficient (Wildman–Crippen LogP) is 2.66. The minimum atomic E-state index is 0.682. The van der Waals surface area contributed by atoms with Gasteiger partial charge in [0.25, 0.3) is 0 Å². The molecule has 3 heteroatoms. The van der Waals surface area contributed by atoms with Crippen molar-refractivity contribution in [2.24, 2.45) is 23.2 Å². The van der Waals surface area contributed by atoms with Crippen LogP contribution in [0.4, 0.5) is 0 Å². The van der Waals surface area contributed by atoms with E-state index in [-0.39, 0.29) is 0 Å². The molecule has 0 aromatic heterocycles. The van der Waals surface area contributed by atoms with E-state index in [0.29, 0.717) is 12.1 Å². The van der Waals surface area contributed by atoms with Crippen LogP contribution in [0.3, 0.4) is 0 Å². The fraction of sp³-hybridized carbons (Fsp3) is 0.947. The van der Waals surface area contributed by atoms with Crippen LogP contribution in [0.25, 0.3) is 0 Å². The average molecular weight is 302 g/mol. The van der Waals surface area contributed by atoms with Crippen LogP contribution in [0.5, 0.6) is 0 Å². The molecule has 2 aliphatic heterocycles. The summed E-state index contributed by atoms with van der Waals surface area (Å²) in [5, 5.41) is 3.68. The Morgan fingerprint density at radius 1 is 1.09 bits per heavy atom. The van der Waals surface area contributed by atoms with E-state index in [1.807, 2.05) is 0 Å². The number of hydrogen-bond donors (Lipinski definition) is 1. The van der Waals surface area contributed by atoms with Gasteiger partial charge in [-0.15, -0.1) is 0 Å². The normalized spacial score (nSPS) is 49.0. The second-order valence-electron chi connectivity index (χ2n) is 9.42. The molecule has 122 valence electrons. The third-order valence-electron chi connectivity index (χ3n) is 7.67. The number of nitrogens with one attached hydrogen (secondary N) is 1. The lowest BCUT2D eigenvalue weighted by Crippen LogP contribution is -2.49. The molecule has 4 saturated carbocycles. The first-order valence-electron chi connectivity index (χ1n) is 9.76. The number of hydrogen-bond acceptors (Lipinski definition) is 2. The molecule has 0 aromatic rings. The van der Waals surface area contributed by atoms with Gasteiger partial charge in [-0.1, -0.05) is 0 Å². The Morgan fingerprint density at radius 2 is 1.73 bits per heavy atom. The summed E-state index contributed by atoms with van der Waals surface area (Å²) in [5.74, 6) is 4.73. The van der Waals surface area contributed by atoms with Crippen molar-refractivity contribution < 1.29 is 4.58 Å². The SMILES string of the molecule is CC1C[N+]2=C(NCC2C)N1CCC12CC3CC(CC(C3)C1)C2. The maximum atomic E-state index is 3.68. The van der Waals surface area contributed by atoms with Gasteiger partial charge in [-0.05, 0) is 82.0 Å². The zero-order valence-corrected chi connectivity index (χ0v) is 14.4. The van der Waals surface area contributed by atoms with E-state index in [1.165, 1.54) is 25.5 Å². The van der Waals surface area contributed by atoms with Crippen LogP contribution in [0.1, 0.15) is 58.8 Å². The molecule has 4 fully saturated rings. The average Bonchev–Trinajstić information content (AvgIpc) is 2.95. The summed E-state index contributed by atoms with van der Waals surface area (Å²) < 4.78 is 2.60. The van der Waals surface area contributed by atoms with Gasteiger partial charge >= 0.3 is 5.96 Å². The molecule has 0 radical (unpaired) electrons. The van der Waals surface area contributed by atoms with Crippen LogP contribution in [-0.4, -0.2) is 47.2 Å². The Labute approximate surface area is 135 Å². The van der Waals surface area contributed by atoms with E-state index >= 15 is 0 Å². The molecule has 2 unspecified atom stereocenters. The van der Waals surface area contributed by atoms with Gasteiger partial charge in [0, 0.05) is 0 Å². The lowest BCUT2D eigenvalue weighted by Gasteiger charge is -2.57. The molecule has 0 amide bonds. The topological polar surface area (TPSA) is 18.3 Å². The first-order valence-corrected chi connectivity index (χ1v) is 9.76. The lowest BCUT2D eigenvalue weighted by molar-refractivity contribution is -0.545. The van der Waals surface area contributed by atoms with Gasteiger partial charge in [-0.2, -0.15) is 0 Å². The highest BCUT2D eigenvalue weighted by Crippen LogP contribution is 2.61. The number of nitrogens with zero attached hydrogens (tertiary/aromatic N) is 2. The Morgan fingerprint density at radius 3 is 2.36 bits per heavy atom. The molecular weight excluding hydrogens is 270 g/mol. The zero-order chi connectivity index (χ0) is 14.9. The lowest BCUT2D eigenvalue weighted by atomic mass is 9.49. The minimum absolute atomic E-state index is 0.682. The van der Waals surface area contributed by atoms with Gasteiger partial charge in [-0.3, -0.25) is 14.8 Å². The van der Waals surface area contributed by atoms with E-state index in [1.54, 1.807) is 38.5 Å². The molecule has 6 rings (SSSR count). The summed E-state index contributed by atoms with van der Waals surface area (Å²) in [5.41, 5.74) is 0.729. The molecule has 2 atom stereocenters. The summed E-state index contributed by atoms with van der Waals surface area (Å²) in [7, 11) is 0. The molecule has 22 heavy (non-hydrogen) atoms. The highest BCUT2D eigenvalue weighted by molar-refractivity contribution is 5.77.